The number of nitrogens with zero attached hydrogens (tertiary/aromatic N) is 2. The average molecular weight is 238 g/mol. The maximum atomic E-state index is 4.30. The lowest BCUT2D eigenvalue weighted by Gasteiger charge is -2.35. The normalized spacial score (nSPS) is 24.1. The average Bonchev–Trinajstić information content (AvgIpc) is 3.13. The lowest BCUT2D eigenvalue weighted by molar-refractivity contribution is 0.167. The summed E-state index contributed by atoms with van der Waals surface area (Å²) < 4.78 is 0. The zero-order valence-corrected chi connectivity index (χ0v) is 11.4. The first-order chi connectivity index (χ1) is 8.19. The third-order valence-electron chi connectivity index (χ3n) is 3.74. The summed E-state index contributed by atoms with van der Waals surface area (Å²) in [6, 6.07) is 1.95. The van der Waals surface area contributed by atoms with Gasteiger partial charge in [-0.2, -0.15) is 0 Å². The summed E-state index contributed by atoms with van der Waals surface area (Å²) in [6.45, 7) is 6.97. The van der Waals surface area contributed by atoms with Crippen molar-refractivity contribution in [3.63, 3.8) is 0 Å². The van der Waals surface area contributed by atoms with E-state index in [2.05, 4.69) is 34.4 Å². The van der Waals surface area contributed by atoms with Crippen LogP contribution in [0, 0.1) is 0 Å². The van der Waals surface area contributed by atoms with Gasteiger partial charge in [-0.05, 0) is 39.5 Å². The molecule has 1 aliphatic heterocycles. The van der Waals surface area contributed by atoms with Gasteiger partial charge in [0.2, 0.25) is 0 Å². The molecule has 0 unspecified atom stereocenters. The second-order valence-electron chi connectivity index (χ2n) is 5.54. The van der Waals surface area contributed by atoms with E-state index in [1.54, 1.807) is 0 Å². The highest BCUT2D eigenvalue weighted by Gasteiger charge is 2.25. The van der Waals surface area contributed by atoms with Gasteiger partial charge in [-0.3, -0.25) is 4.99 Å². The van der Waals surface area contributed by atoms with Crippen LogP contribution in [0.3, 0.4) is 0 Å². The van der Waals surface area contributed by atoms with Crippen molar-refractivity contribution < 1.29 is 0 Å². The van der Waals surface area contributed by atoms with Crippen LogP contribution in [0.15, 0.2) is 4.99 Å². The predicted molar refractivity (Wildman–Crippen MR) is 72.4 cm³/mol. The van der Waals surface area contributed by atoms with Crippen LogP contribution in [0.25, 0.3) is 0 Å². The molecule has 1 heterocycles. The molecule has 98 valence electrons. The number of guanidine groups is 1. The standard InChI is InChI=1S/C13H26N4/c1-10(2)17-8-6-12(7-9-17)16-13(14-3)15-11-4-5-11/h10-12H,4-9H2,1-3H3,(H2,14,15,16). The minimum absolute atomic E-state index is 0.593. The van der Waals surface area contributed by atoms with E-state index in [0.29, 0.717) is 18.1 Å². The van der Waals surface area contributed by atoms with Crippen LogP contribution >= 0.6 is 0 Å². The van der Waals surface area contributed by atoms with Crippen molar-refractivity contribution in [3.8, 4) is 0 Å². The van der Waals surface area contributed by atoms with E-state index in [1.807, 2.05) is 7.05 Å². The van der Waals surface area contributed by atoms with Gasteiger partial charge in [0.05, 0.1) is 0 Å². The van der Waals surface area contributed by atoms with Crippen LogP contribution in [0.5, 0.6) is 0 Å². The zero-order chi connectivity index (χ0) is 12.3. The minimum Gasteiger partial charge on any atom is -0.354 e. The number of nitrogens with one attached hydrogen (secondary N) is 2. The molecule has 0 aromatic heterocycles. The zero-order valence-electron chi connectivity index (χ0n) is 11.4. The Balaban J connectivity index is 1.72. The molecule has 4 heteroatoms. The molecule has 0 amide bonds. The van der Waals surface area contributed by atoms with Gasteiger partial charge >= 0.3 is 0 Å². The van der Waals surface area contributed by atoms with Crippen molar-refractivity contribution in [1.29, 1.82) is 0 Å². The Morgan fingerprint density at radius 2 is 1.59 bits per heavy atom. The molecular formula is C13H26N4. The lowest BCUT2D eigenvalue weighted by atomic mass is 10.0. The van der Waals surface area contributed by atoms with Gasteiger partial charge in [0.1, 0.15) is 0 Å². The van der Waals surface area contributed by atoms with E-state index in [-0.39, 0.29) is 0 Å². The number of piperidine rings is 1. The van der Waals surface area contributed by atoms with Gasteiger partial charge in [0, 0.05) is 38.3 Å². The Morgan fingerprint density at radius 3 is 2.00 bits per heavy atom. The van der Waals surface area contributed by atoms with Crippen LogP contribution in [-0.2, 0) is 0 Å². The fourth-order valence-corrected chi connectivity index (χ4v) is 2.35. The molecule has 17 heavy (non-hydrogen) atoms. The van der Waals surface area contributed by atoms with Crippen molar-refractivity contribution in [2.24, 2.45) is 4.99 Å². The highest BCUT2D eigenvalue weighted by Crippen LogP contribution is 2.18. The summed E-state index contributed by atoms with van der Waals surface area (Å²) in [5.74, 6) is 0.996. The van der Waals surface area contributed by atoms with Gasteiger partial charge in [-0.15, -0.1) is 0 Å². The van der Waals surface area contributed by atoms with Gasteiger partial charge in [0.15, 0.2) is 5.96 Å². The van der Waals surface area contributed by atoms with Gasteiger partial charge < -0.3 is 15.5 Å². The molecule has 2 rings (SSSR count). The summed E-state index contributed by atoms with van der Waals surface area (Å²) in [6.07, 6.45) is 5.05. The summed E-state index contributed by atoms with van der Waals surface area (Å²) >= 11 is 0. The Hall–Kier alpha value is -0.770. The smallest absolute Gasteiger partial charge is 0.191 e. The van der Waals surface area contributed by atoms with Crippen molar-refractivity contribution >= 4 is 5.96 Å². The van der Waals surface area contributed by atoms with Crippen molar-refractivity contribution in [2.45, 2.75) is 57.7 Å². The largest absolute Gasteiger partial charge is 0.354 e. The van der Waals surface area contributed by atoms with Gasteiger partial charge in [-0.25, -0.2) is 0 Å². The molecule has 0 aromatic rings. The minimum atomic E-state index is 0.593. The van der Waals surface area contributed by atoms with E-state index >= 15 is 0 Å². The molecule has 2 N–H and O–H groups in total. The van der Waals surface area contributed by atoms with E-state index in [1.165, 1.54) is 38.8 Å². The molecule has 2 fully saturated rings. The highest BCUT2D eigenvalue weighted by atomic mass is 15.2. The summed E-state index contributed by atoms with van der Waals surface area (Å²) in [5, 5.41) is 7.00. The molecule has 0 aromatic carbocycles. The Bertz CT molecular complexity index is 263. The Labute approximate surface area is 105 Å². The SMILES string of the molecule is CN=C(NC1CC1)NC1CCN(C(C)C)CC1. The first kappa shape index (κ1) is 12.7. The third kappa shape index (κ3) is 3.87. The molecule has 4 nitrogen and oxygen atoms in total. The quantitative estimate of drug-likeness (QED) is 0.573. The molecule has 1 saturated carbocycles. The molecule has 1 saturated heterocycles. The molecule has 1 aliphatic carbocycles. The topological polar surface area (TPSA) is 39.7 Å². The van der Waals surface area contributed by atoms with Crippen LogP contribution in [-0.4, -0.2) is 49.1 Å². The van der Waals surface area contributed by atoms with E-state index in [9.17, 15) is 0 Å². The first-order valence-corrected chi connectivity index (χ1v) is 6.93. The number of likely N-dealkylation sites (tertiary alicyclic amines) is 1. The molecule has 0 atom stereocenters. The van der Waals surface area contributed by atoms with Crippen molar-refractivity contribution in [3.05, 3.63) is 0 Å². The number of hydrogen-bond donors (Lipinski definition) is 2. The molecule has 0 spiro atoms. The lowest BCUT2D eigenvalue weighted by Crippen LogP contribution is -2.50. The van der Waals surface area contributed by atoms with E-state index in [0.717, 1.165) is 5.96 Å². The van der Waals surface area contributed by atoms with Crippen molar-refractivity contribution in [1.82, 2.24) is 15.5 Å². The monoisotopic (exact) mass is 238 g/mol. The summed E-state index contributed by atoms with van der Waals surface area (Å²) in [7, 11) is 1.86. The van der Waals surface area contributed by atoms with Gasteiger partial charge in [-0.1, -0.05) is 0 Å². The number of rotatable bonds is 3. The fourth-order valence-electron chi connectivity index (χ4n) is 2.35. The number of hydrogen-bond acceptors (Lipinski definition) is 2. The van der Waals surface area contributed by atoms with Crippen LogP contribution in [0.4, 0.5) is 0 Å². The van der Waals surface area contributed by atoms with E-state index in [4.69, 9.17) is 0 Å². The van der Waals surface area contributed by atoms with Crippen LogP contribution in [0.1, 0.15) is 39.5 Å². The summed E-state index contributed by atoms with van der Waals surface area (Å²) in [4.78, 5) is 6.85. The summed E-state index contributed by atoms with van der Waals surface area (Å²) in [5.41, 5.74) is 0. The van der Waals surface area contributed by atoms with E-state index < -0.39 is 0 Å². The molecule has 2 aliphatic rings. The molecule has 0 bridgehead atoms. The number of aliphatic imine (C=N–C) groups is 1. The van der Waals surface area contributed by atoms with Crippen LogP contribution < -0.4 is 10.6 Å². The fraction of sp³-hybridized carbons (Fsp3) is 0.923. The first-order valence-electron chi connectivity index (χ1n) is 6.93. The maximum Gasteiger partial charge on any atom is 0.191 e. The molecular weight excluding hydrogens is 212 g/mol. The third-order valence-corrected chi connectivity index (χ3v) is 3.74. The van der Waals surface area contributed by atoms with Gasteiger partial charge in [0.25, 0.3) is 0 Å². The van der Waals surface area contributed by atoms with Crippen molar-refractivity contribution in [2.75, 3.05) is 20.1 Å². The second kappa shape index (κ2) is 5.71. The van der Waals surface area contributed by atoms with Crippen LogP contribution in [0.2, 0.25) is 0 Å². The Kier molecular flexibility index (Phi) is 4.26. The molecule has 0 radical (unpaired) electrons. The Morgan fingerprint density at radius 1 is 1.06 bits per heavy atom. The second-order valence-corrected chi connectivity index (χ2v) is 5.54. The highest BCUT2D eigenvalue weighted by molar-refractivity contribution is 5.80. The maximum absolute atomic E-state index is 4.30. The predicted octanol–water partition coefficient (Wildman–Crippen LogP) is 1.19.